The van der Waals surface area contributed by atoms with Crippen molar-refractivity contribution in [3.05, 3.63) is 29.6 Å². The highest BCUT2D eigenvalue weighted by molar-refractivity contribution is 5.77. The van der Waals surface area contributed by atoms with Crippen LogP contribution in [0.15, 0.2) is 18.5 Å². The smallest absolute Gasteiger partial charge is 0.0958 e. The van der Waals surface area contributed by atoms with Crippen LogP contribution in [0.1, 0.15) is 44.7 Å². The molecule has 0 spiro atoms. The molecule has 2 rings (SSSR count). The van der Waals surface area contributed by atoms with E-state index < -0.39 is 0 Å². The van der Waals surface area contributed by atoms with E-state index in [1.165, 1.54) is 29.5 Å². The Balaban J connectivity index is 1.90. The van der Waals surface area contributed by atoms with Crippen molar-refractivity contribution in [3.8, 4) is 0 Å². The summed E-state index contributed by atoms with van der Waals surface area (Å²) in [6.07, 6.45) is 4.51. The average molecular weight is 287 g/mol. The van der Waals surface area contributed by atoms with Crippen molar-refractivity contribution in [2.75, 3.05) is 6.54 Å². The molecule has 0 aliphatic rings. The molecule has 0 fully saturated rings. The van der Waals surface area contributed by atoms with E-state index in [0.29, 0.717) is 6.04 Å². The van der Waals surface area contributed by atoms with Gasteiger partial charge in [-0.05, 0) is 62.8 Å². The van der Waals surface area contributed by atoms with Crippen LogP contribution in [0.25, 0.3) is 11.0 Å². The molecule has 1 heterocycles. The Morgan fingerprint density at radius 1 is 1.10 bits per heavy atom. The average Bonchev–Trinajstić information content (AvgIpc) is 2.79. The lowest BCUT2D eigenvalue weighted by Crippen LogP contribution is -2.29. The molecule has 2 aromatic rings. The Bertz CT molecular complexity index is 583. The third-order valence-electron chi connectivity index (χ3n) is 4.26. The monoisotopic (exact) mass is 287 g/mol. The van der Waals surface area contributed by atoms with Gasteiger partial charge in [0.1, 0.15) is 0 Å². The van der Waals surface area contributed by atoms with E-state index in [0.717, 1.165) is 24.5 Å². The minimum Gasteiger partial charge on any atom is -0.329 e. The number of imidazole rings is 1. The van der Waals surface area contributed by atoms with E-state index in [1.54, 1.807) is 0 Å². The Labute approximate surface area is 128 Å². The van der Waals surface area contributed by atoms with Crippen molar-refractivity contribution >= 4 is 11.0 Å². The predicted octanol–water partition coefficient (Wildman–Crippen LogP) is 4.07. The van der Waals surface area contributed by atoms with Crippen LogP contribution < -0.4 is 5.32 Å². The highest BCUT2D eigenvalue weighted by Crippen LogP contribution is 2.18. The molecule has 0 bridgehead atoms. The van der Waals surface area contributed by atoms with Gasteiger partial charge in [0.2, 0.25) is 0 Å². The fourth-order valence-corrected chi connectivity index (χ4v) is 2.61. The molecule has 3 heteroatoms. The lowest BCUT2D eigenvalue weighted by atomic mass is 10.0. The van der Waals surface area contributed by atoms with Crippen LogP contribution in [0, 0.1) is 19.8 Å². The standard InChI is InChI=1S/C18H29N3/c1-13(2)6-7-16(5)19-8-9-21-12-20-17-10-14(3)15(4)11-18(17)21/h10-13,16,19H,6-9H2,1-5H3. The normalized spacial score (nSPS) is 13.2. The fourth-order valence-electron chi connectivity index (χ4n) is 2.61. The Hall–Kier alpha value is -1.35. The predicted molar refractivity (Wildman–Crippen MR) is 90.7 cm³/mol. The second-order valence-electron chi connectivity index (χ2n) is 6.69. The molecule has 0 saturated heterocycles. The van der Waals surface area contributed by atoms with Crippen LogP contribution in [0.5, 0.6) is 0 Å². The Morgan fingerprint density at radius 3 is 2.52 bits per heavy atom. The molecule has 0 radical (unpaired) electrons. The SMILES string of the molecule is Cc1cc2ncn(CCNC(C)CCC(C)C)c2cc1C. The highest BCUT2D eigenvalue weighted by atomic mass is 15.1. The number of rotatable bonds is 7. The van der Waals surface area contributed by atoms with Gasteiger partial charge in [0.15, 0.2) is 0 Å². The van der Waals surface area contributed by atoms with Gasteiger partial charge in [0.25, 0.3) is 0 Å². The van der Waals surface area contributed by atoms with Crippen LogP contribution in [0.3, 0.4) is 0 Å². The third-order valence-corrected chi connectivity index (χ3v) is 4.26. The first-order valence-electron chi connectivity index (χ1n) is 8.13. The largest absolute Gasteiger partial charge is 0.329 e. The number of nitrogens with one attached hydrogen (secondary N) is 1. The second kappa shape index (κ2) is 7.08. The maximum atomic E-state index is 4.51. The van der Waals surface area contributed by atoms with Gasteiger partial charge in [-0.15, -0.1) is 0 Å². The molecule has 1 N–H and O–H groups in total. The first-order valence-corrected chi connectivity index (χ1v) is 8.13. The van der Waals surface area contributed by atoms with Crippen LogP contribution in [0.4, 0.5) is 0 Å². The minimum absolute atomic E-state index is 0.589. The molecule has 0 aliphatic carbocycles. The van der Waals surface area contributed by atoms with Gasteiger partial charge >= 0.3 is 0 Å². The first-order chi connectivity index (χ1) is 9.97. The summed E-state index contributed by atoms with van der Waals surface area (Å²) in [6, 6.07) is 5.02. The minimum atomic E-state index is 0.589. The molecule has 0 saturated carbocycles. The molecule has 0 amide bonds. The zero-order valence-electron chi connectivity index (χ0n) is 14.1. The summed E-state index contributed by atoms with van der Waals surface area (Å²) in [5.74, 6) is 0.790. The van der Waals surface area contributed by atoms with Gasteiger partial charge in [-0.1, -0.05) is 13.8 Å². The maximum absolute atomic E-state index is 4.51. The van der Waals surface area contributed by atoms with E-state index in [9.17, 15) is 0 Å². The molecule has 1 aromatic heterocycles. The summed E-state index contributed by atoms with van der Waals surface area (Å²) in [5, 5.41) is 3.62. The molecule has 21 heavy (non-hydrogen) atoms. The molecule has 3 nitrogen and oxygen atoms in total. The van der Waals surface area contributed by atoms with Crippen molar-refractivity contribution in [1.82, 2.24) is 14.9 Å². The van der Waals surface area contributed by atoms with Crippen molar-refractivity contribution in [2.45, 2.75) is 60.0 Å². The summed E-state index contributed by atoms with van der Waals surface area (Å²) in [4.78, 5) is 4.51. The first kappa shape index (κ1) is 16.0. The van der Waals surface area contributed by atoms with Crippen molar-refractivity contribution < 1.29 is 0 Å². The highest BCUT2D eigenvalue weighted by Gasteiger charge is 2.06. The van der Waals surface area contributed by atoms with Gasteiger partial charge in [0.05, 0.1) is 17.4 Å². The summed E-state index contributed by atoms with van der Waals surface area (Å²) >= 11 is 0. The van der Waals surface area contributed by atoms with Crippen LogP contribution in [-0.2, 0) is 6.54 Å². The molecule has 116 valence electrons. The van der Waals surface area contributed by atoms with Crippen LogP contribution in [-0.4, -0.2) is 22.1 Å². The quantitative estimate of drug-likeness (QED) is 0.832. The van der Waals surface area contributed by atoms with E-state index in [2.05, 4.69) is 61.6 Å². The topological polar surface area (TPSA) is 29.9 Å². The lowest BCUT2D eigenvalue weighted by molar-refractivity contribution is 0.442. The molecule has 1 unspecified atom stereocenters. The van der Waals surface area contributed by atoms with E-state index in [-0.39, 0.29) is 0 Å². The number of benzene rings is 1. The van der Waals surface area contributed by atoms with Crippen molar-refractivity contribution in [1.29, 1.82) is 0 Å². The lowest BCUT2D eigenvalue weighted by Gasteiger charge is -2.15. The molecular formula is C18H29N3. The molecule has 1 atom stereocenters. The van der Waals surface area contributed by atoms with Crippen LogP contribution in [0.2, 0.25) is 0 Å². The molecule has 0 aliphatic heterocycles. The molecular weight excluding hydrogens is 258 g/mol. The Kier molecular flexibility index (Phi) is 5.40. The number of aromatic nitrogens is 2. The molecule has 1 aromatic carbocycles. The number of fused-ring (bicyclic) bond motifs is 1. The van der Waals surface area contributed by atoms with E-state index in [1.807, 2.05) is 6.33 Å². The van der Waals surface area contributed by atoms with E-state index >= 15 is 0 Å². The number of hydrogen-bond acceptors (Lipinski definition) is 2. The van der Waals surface area contributed by atoms with Gasteiger partial charge in [0, 0.05) is 19.1 Å². The number of hydrogen-bond donors (Lipinski definition) is 1. The third kappa shape index (κ3) is 4.31. The van der Waals surface area contributed by atoms with Gasteiger partial charge in [-0.25, -0.2) is 4.98 Å². The second-order valence-corrected chi connectivity index (χ2v) is 6.69. The summed E-state index contributed by atoms with van der Waals surface area (Å²) in [6.45, 7) is 13.1. The van der Waals surface area contributed by atoms with Crippen molar-refractivity contribution in [3.63, 3.8) is 0 Å². The Morgan fingerprint density at radius 2 is 1.81 bits per heavy atom. The van der Waals surface area contributed by atoms with Gasteiger partial charge in [-0.2, -0.15) is 0 Å². The number of aryl methyl sites for hydroxylation is 2. The van der Waals surface area contributed by atoms with Crippen LogP contribution >= 0.6 is 0 Å². The number of nitrogens with zero attached hydrogens (tertiary/aromatic N) is 2. The summed E-state index contributed by atoms with van der Waals surface area (Å²) in [5.41, 5.74) is 5.00. The van der Waals surface area contributed by atoms with E-state index in [4.69, 9.17) is 0 Å². The maximum Gasteiger partial charge on any atom is 0.0958 e. The van der Waals surface area contributed by atoms with Crippen molar-refractivity contribution in [2.24, 2.45) is 5.92 Å². The summed E-state index contributed by atoms with van der Waals surface area (Å²) < 4.78 is 2.25. The zero-order valence-corrected chi connectivity index (χ0v) is 14.1. The fraction of sp³-hybridized carbons (Fsp3) is 0.611. The van der Waals surface area contributed by atoms with Gasteiger partial charge < -0.3 is 9.88 Å². The zero-order chi connectivity index (χ0) is 15.4. The summed E-state index contributed by atoms with van der Waals surface area (Å²) in [7, 11) is 0. The van der Waals surface area contributed by atoms with Gasteiger partial charge in [-0.3, -0.25) is 0 Å².